The van der Waals surface area contributed by atoms with Crippen LogP contribution in [0.1, 0.15) is 108 Å². The molecule has 2 aliphatic rings. The maximum absolute atomic E-state index is 14.0. The first-order valence-electron chi connectivity index (χ1n) is 18.9. The van der Waals surface area contributed by atoms with Gasteiger partial charge in [0.2, 0.25) is 29.4 Å². The second-order valence-electron chi connectivity index (χ2n) is 14.0. The van der Waals surface area contributed by atoms with E-state index in [2.05, 4.69) is 31.6 Å². The highest BCUT2D eigenvalue weighted by Gasteiger charge is 2.35. The van der Waals surface area contributed by atoms with E-state index in [4.69, 9.17) is 0 Å². The van der Waals surface area contributed by atoms with E-state index in [1.165, 1.54) is 12.1 Å². The van der Waals surface area contributed by atoms with Crippen molar-refractivity contribution < 1.29 is 38.7 Å². The van der Waals surface area contributed by atoms with E-state index in [0.29, 0.717) is 30.5 Å². The second-order valence-corrected chi connectivity index (χ2v) is 14.0. The van der Waals surface area contributed by atoms with Gasteiger partial charge in [-0.3, -0.25) is 28.8 Å². The number of imidazole rings is 1. The molecule has 1 aliphatic heterocycles. The summed E-state index contributed by atoms with van der Waals surface area (Å²) in [4.78, 5) is 96.0. The lowest BCUT2D eigenvalue weighted by molar-refractivity contribution is -0.142. The molecule has 0 saturated heterocycles. The third kappa shape index (κ3) is 12.8. The summed E-state index contributed by atoms with van der Waals surface area (Å²) < 4.78 is 1.93. The Morgan fingerprint density at radius 2 is 1.62 bits per heavy atom. The molecule has 2 heterocycles. The topological polar surface area (TPSA) is 218 Å². The fourth-order valence-corrected chi connectivity index (χ4v) is 6.92. The van der Waals surface area contributed by atoms with E-state index in [9.17, 15) is 38.7 Å². The molecule has 2 bridgehead atoms. The molecule has 1 fully saturated rings. The first-order valence-corrected chi connectivity index (χ1v) is 18.9. The lowest BCUT2D eigenvalue weighted by Gasteiger charge is -2.31. The number of ketones is 1. The fourth-order valence-electron chi connectivity index (χ4n) is 6.92. The Morgan fingerprint density at radius 3 is 2.34 bits per heavy atom. The predicted octanol–water partition coefficient (Wildman–Crippen LogP) is 2.24. The van der Waals surface area contributed by atoms with Crippen molar-refractivity contribution in [2.45, 2.75) is 128 Å². The van der Waals surface area contributed by atoms with E-state index >= 15 is 0 Å². The number of carboxylic acid groups (broad SMARTS) is 1. The van der Waals surface area contributed by atoms with Crippen LogP contribution in [0.5, 0.6) is 0 Å². The zero-order chi connectivity index (χ0) is 38.2. The lowest BCUT2D eigenvalue weighted by atomic mass is 9.83. The summed E-state index contributed by atoms with van der Waals surface area (Å²) in [5, 5.41) is 22.6. The number of aryl methyl sites for hydroxylation is 1. The third-order valence-corrected chi connectivity index (χ3v) is 9.80. The van der Waals surface area contributed by atoms with Gasteiger partial charge in [0.05, 0.1) is 24.6 Å². The van der Waals surface area contributed by atoms with Crippen LogP contribution in [0.15, 0.2) is 42.9 Å². The van der Waals surface area contributed by atoms with Crippen molar-refractivity contribution in [3.8, 4) is 0 Å². The smallest absolute Gasteiger partial charge is 0.330 e. The number of nitrogens with zero attached hydrogens (tertiary/aromatic N) is 2. The summed E-state index contributed by atoms with van der Waals surface area (Å²) in [6.45, 7) is 1.82. The van der Waals surface area contributed by atoms with Gasteiger partial charge in [-0.15, -0.1) is 0 Å². The Kier molecular flexibility index (Phi) is 16.0. The van der Waals surface area contributed by atoms with Gasteiger partial charge in [-0.05, 0) is 43.6 Å². The molecule has 1 aromatic heterocycles. The minimum absolute atomic E-state index is 0.00146. The number of benzene rings is 1. The SMILES string of the molecule is CCCC(NC(=O)C1Cc2cn(cn2)CCCCCCCC(=O)N[C@@H](C2CCCCC2)C(=O)N1)C(=O)C(=O)NCC(=O)NC(C(=O)O)c1ccccc1. The predicted molar refractivity (Wildman–Crippen MR) is 194 cm³/mol. The number of hydrogen-bond acceptors (Lipinski definition) is 8. The summed E-state index contributed by atoms with van der Waals surface area (Å²) in [5.41, 5.74) is 0.872. The van der Waals surface area contributed by atoms with Gasteiger partial charge >= 0.3 is 5.97 Å². The van der Waals surface area contributed by atoms with Crippen LogP contribution in [0.25, 0.3) is 0 Å². The fraction of sp³-hybridized carbons (Fsp3) is 0.579. The van der Waals surface area contributed by atoms with Crippen LogP contribution in [0.3, 0.4) is 0 Å². The normalized spacial score (nSPS) is 20.4. The van der Waals surface area contributed by atoms with Crippen LogP contribution in [0.4, 0.5) is 0 Å². The van der Waals surface area contributed by atoms with E-state index in [0.717, 1.165) is 64.3 Å². The van der Waals surface area contributed by atoms with E-state index < -0.39 is 66.1 Å². The summed E-state index contributed by atoms with van der Waals surface area (Å²) in [7, 11) is 0. The summed E-state index contributed by atoms with van der Waals surface area (Å²) in [5.74, 6) is -5.77. The van der Waals surface area contributed by atoms with Gasteiger partial charge in [0.25, 0.3) is 5.91 Å². The Labute approximate surface area is 309 Å². The number of nitrogens with one attached hydrogen (secondary N) is 5. The van der Waals surface area contributed by atoms with Gasteiger partial charge in [0.15, 0.2) is 6.04 Å². The third-order valence-electron chi connectivity index (χ3n) is 9.80. The quantitative estimate of drug-likeness (QED) is 0.176. The summed E-state index contributed by atoms with van der Waals surface area (Å²) in [6.07, 6.45) is 13.3. The first-order chi connectivity index (χ1) is 25.5. The highest BCUT2D eigenvalue weighted by atomic mass is 16.4. The van der Waals surface area contributed by atoms with Crippen molar-refractivity contribution in [2.75, 3.05) is 6.54 Å². The molecule has 0 radical (unpaired) electrons. The Bertz CT molecular complexity index is 1570. The second kappa shape index (κ2) is 20.8. The van der Waals surface area contributed by atoms with E-state index in [-0.39, 0.29) is 24.7 Å². The number of carbonyl (C=O) groups excluding carboxylic acids is 6. The molecule has 1 saturated carbocycles. The van der Waals surface area contributed by atoms with Crippen LogP contribution < -0.4 is 26.6 Å². The summed E-state index contributed by atoms with van der Waals surface area (Å²) in [6, 6.07) is 3.35. The van der Waals surface area contributed by atoms with Gasteiger partial charge in [-0.1, -0.05) is 82.2 Å². The maximum Gasteiger partial charge on any atom is 0.330 e. The van der Waals surface area contributed by atoms with Gasteiger partial charge < -0.3 is 36.3 Å². The highest BCUT2D eigenvalue weighted by Crippen LogP contribution is 2.27. The zero-order valence-electron chi connectivity index (χ0n) is 30.4. The van der Waals surface area contributed by atoms with E-state index in [1.54, 1.807) is 31.5 Å². The number of aliphatic carboxylic acids is 1. The van der Waals surface area contributed by atoms with Crippen LogP contribution >= 0.6 is 0 Å². The summed E-state index contributed by atoms with van der Waals surface area (Å²) >= 11 is 0. The molecule has 1 aromatic carbocycles. The molecule has 53 heavy (non-hydrogen) atoms. The van der Waals surface area contributed by atoms with Crippen molar-refractivity contribution in [3.63, 3.8) is 0 Å². The van der Waals surface area contributed by atoms with Crippen LogP contribution in [0, 0.1) is 5.92 Å². The number of Topliss-reactive ketones (excluding diaryl/α,β-unsaturated/α-hetero) is 1. The molecule has 15 nitrogen and oxygen atoms in total. The molecular weight excluding hydrogens is 682 g/mol. The molecule has 15 heteroatoms. The van der Waals surface area contributed by atoms with Gasteiger partial charge in [-0.2, -0.15) is 0 Å². The van der Waals surface area contributed by atoms with Crippen LogP contribution in [-0.2, 0) is 46.5 Å². The minimum Gasteiger partial charge on any atom is -0.479 e. The number of aromatic nitrogens is 2. The maximum atomic E-state index is 14.0. The zero-order valence-corrected chi connectivity index (χ0v) is 30.4. The van der Waals surface area contributed by atoms with Gasteiger partial charge in [-0.25, -0.2) is 9.78 Å². The average Bonchev–Trinajstić information content (AvgIpc) is 3.61. The number of hydrogen-bond donors (Lipinski definition) is 6. The molecule has 4 rings (SSSR count). The van der Waals surface area contributed by atoms with Crippen LogP contribution in [0.2, 0.25) is 0 Å². The van der Waals surface area contributed by atoms with Gasteiger partial charge in [0.1, 0.15) is 12.1 Å². The van der Waals surface area contributed by atoms with Crippen LogP contribution in [-0.4, -0.2) is 80.6 Å². The standard InChI is InChI=1S/C38H53N7O8/c1-2-14-28(34(48)37(51)39-22-31(47)44-33(38(52)53)26-17-10-7-11-18-26)41-35(49)29-21-27-23-45(24-40-27)20-13-5-3-4-12-19-30(46)43-32(36(50)42-29)25-15-8-6-9-16-25/h7,10-11,17-18,23-25,28-29,32-33H,2-6,8-9,12-16,19-22H2,1H3,(H,39,51)(H,41,49)(H,42,50)(H,43,46)(H,44,47)(H,52,53)/t28?,29?,32-,33?/m0/s1. The number of amides is 5. The number of carbonyl (C=O) groups is 7. The largest absolute Gasteiger partial charge is 0.479 e. The highest BCUT2D eigenvalue weighted by molar-refractivity contribution is 6.38. The monoisotopic (exact) mass is 735 g/mol. The number of fused-ring (bicyclic) bond motifs is 2. The lowest BCUT2D eigenvalue weighted by Crippen LogP contribution is -2.59. The van der Waals surface area contributed by atoms with Crippen molar-refractivity contribution in [2.24, 2.45) is 5.92 Å². The van der Waals surface area contributed by atoms with Crippen molar-refractivity contribution >= 4 is 41.3 Å². The molecule has 6 N–H and O–H groups in total. The Morgan fingerprint density at radius 1 is 0.925 bits per heavy atom. The molecule has 1 aliphatic carbocycles. The van der Waals surface area contributed by atoms with E-state index in [1.807, 2.05) is 10.8 Å². The first kappa shape index (κ1) is 40.7. The van der Waals surface area contributed by atoms with Crippen molar-refractivity contribution in [3.05, 3.63) is 54.1 Å². The Balaban J connectivity index is 1.47. The average molecular weight is 736 g/mol. The minimum atomic E-state index is -1.37. The number of carboxylic acids is 1. The molecule has 5 amide bonds. The number of rotatable bonds is 12. The van der Waals surface area contributed by atoms with Crippen molar-refractivity contribution in [1.82, 2.24) is 36.1 Å². The molecule has 3 unspecified atom stereocenters. The molecule has 0 spiro atoms. The Hall–Kier alpha value is -5.08. The van der Waals surface area contributed by atoms with Crippen molar-refractivity contribution in [1.29, 1.82) is 0 Å². The molecule has 2 aromatic rings. The molecule has 288 valence electrons. The van der Waals surface area contributed by atoms with Gasteiger partial charge in [0, 0.05) is 25.6 Å². The molecule has 4 atom stereocenters. The molecular formula is C38H53N7O8.